The number of hydrogen-bond donors (Lipinski definition) is 0. The molecule has 3 rings (SSSR count). The normalized spacial score (nSPS) is 13.6. The van der Waals surface area contributed by atoms with Gasteiger partial charge in [-0.15, -0.1) is 0 Å². The molecule has 1 aliphatic heterocycles. The number of nitro groups is 1. The molecule has 0 radical (unpaired) electrons. The van der Waals surface area contributed by atoms with E-state index in [1.54, 1.807) is 23.1 Å². The third-order valence-electron chi connectivity index (χ3n) is 3.70. The van der Waals surface area contributed by atoms with Crippen LogP contribution in [0, 0.1) is 10.1 Å². The summed E-state index contributed by atoms with van der Waals surface area (Å²) in [5.41, 5.74) is 1.11. The van der Waals surface area contributed by atoms with Crippen LogP contribution in [0.2, 0.25) is 10.0 Å². The van der Waals surface area contributed by atoms with Crippen molar-refractivity contribution in [2.75, 3.05) is 13.1 Å². The smallest absolute Gasteiger partial charge is 0.270 e. The Bertz CT molecular complexity index is 905. The second kappa shape index (κ2) is 8.07. The highest BCUT2D eigenvalue weighted by molar-refractivity contribution is 8.13. The van der Waals surface area contributed by atoms with Gasteiger partial charge in [-0.2, -0.15) is 0 Å². The van der Waals surface area contributed by atoms with Gasteiger partial charge in [-0.05, 0) is 23.8 Å². The molecule has 0 saturated heterocycles. The van der Waals surface area contributed by atoms with E-state index in [-0.39, 0.29) is 17.2 Å². The number of carbonyl (C=O) groups is 1. The zero-order valence-electron chi connectivity index (χ0n) is 13.4. The van der Waals surface area contributed by atoms with Crippen molar-refractivity contribution in [1.29, 1.82) is 0 Å². The molecular weight excluding hydrogens is 397 g/mol. The van der Waals surface area contributed by atoms with Crippen molar-refractivity contribution in [3.05, 3.63) is 73.8 Å². The van der Waals surface area contributed by atoms with Crippen molar-refractivity contribution in [2.24, 2.45) is 4.99 Å². The first-order valence-corrected chi connectivity index (χ1v) is 9.37. The molecule has 0 aliphatic carbocycles. The molecular formula is C17H13Cl2N3O3S. The minimum atomic E-state index is -0.519. The molecule has 0 aromatic heterocycles. The summed E-state index contributed by atoms with van der Waals surface area (Å²) < 4.78 is 0. The standard InChI is InChI=1S/C17H13Cl2N3O3S/c18-14-5-4-11(8-15(14)19)10-26-17-20-6-7-21(17)16(23)12-2-1-3-13(9-12)22(24)25/h1-5,8-9H,6-7,10H2. The van der Waals surface area contributed by atoms with Crippen molar-refractivity contribution in [3.63, 3.8) is 0 Å². The topological polar surface area (TPSA) is 75.8 Å². The minimum Gasteiger partial charge on any atom is -0.286 e. The maximum atomic E-state index is 12.7. The van der Waals surface area contributed by atoms with Gasteiger partial charge in [-0.1, -0.05) is 47.1 Å². The molecule has 6 nitrogen and oxygen atoms in total. The quantitative estimate of drug-likeness (QED) is 0.543. The van der Waals surface area contributed by atoms with Crippen LogP contribution in [0.5, 0.6) is 0 Å². The Morgan fingerprint density at radius 2 is 2.04 bits per heavy atom. The van der Waals surface area contributed by atoms with Crippen molar-refractivity contribution in [2.45, 2.75) is 5.75 Å². The summed E-state index contributed by atoms with van der Waals surface area (Å²) in [6, 6.07) is 11.1. The summed E-state index contributed by atoms with van der Waals surface area (Å²) in [6.07, 6.45) is 0. The molecule has 9 heteroatoms. The predicted molar refractivity (Wildman–Crippen MR) is 104 cm³/mol. The molecule has 0 saturated carbocycles. The molecule has 26 heavy (non-hydrogen) atoms. The van der Waals surface area contributed by atoms with E-state index in [1.807, 2.05) is 6.07 Å². The van der Waals surface area contributed by atoms with E-state index in [4.69, 9.17) is 23.2 Å². The third kappa shape index (κ3) is 4.17. The minimum absolute atomic E-state index is 0.114. The Balaban J connectivity index is 1.71. The fraction of sp³-hybridized carbons (Fsp3) is 0.176. The van der Waals surface area contributed by atoms with Crippen LogP contribution in [0.15, 0.2) is 47.5 Å². The number of rotatable bonds is 4. The molecule has 0 atom stereocenters. The summed E-state index contributed by atoms with van der Waals surface area (Å²) in [7, 11) is 0. The maximum Gasteiger partial charge on any atom is 0.270 e. The summed E-state index contributed by atoms with van der Waals surface area (Å²) in [5, 5.41) is 12.5. The Morgan fingerprint density at radius 3 is 2.77 bits per heavy atom. The average Bonchev–Trinajstić information content (AvgIpc) is 3.10. The number of nitro benzene ring substituents is 1. The van der Waals surface area contributed by atoms with Gasteiger partial charge in [-0.25, -0.2) is 0 Å². The molecule has 2 aromatic rings. The number of nitrogens with zero attached hydrogens (tertiary/aromatic N) is 3. The van der Waals surface area contributed by atoms with Gasteiger partial charge in [0.05, 0.1) is 21.5 Å². The van der Waals surface area contributed by atoms with E-state index in [1.165, 1.54) is 30.0 Å². The van der Waals surface area contributed by atoms with Crippen LogP contribution < -0.4 is 0 Å². The lowest BCUT2D eigenvalue weighted by molar-refractivity contribution is -0.384. The molecule has 1 aliphatic rings. The summed E-state index contributed by atoms with van der Waals surface area (Å²) in [5.74, 6) is 0.278. The zero-order valence-corrected chi connectivity index (χ0v) is 15.7. The van der Waals surface area contributed by atoms with Crippen LogP contribution in [-0.2, 0) is 5.75 Å². The van der Waals surface area contributed by atoms with Gasteiger partial charge in [0.25, 0.3) is 11.6 Å². The van der Waals surface area contributed by atoms with Crippen LogP contribution in [0.25, 0.3) is 0 Å². The van der Waals surface area contributed by atoms with Gasteiger partial charge in [0.15, 0.2) is 5.17 Å². The van der Waals surface area contributed by atoms with Gasteiger partial charge >= 0.3 is 0 Å². The van der Waals surface area contributed by atoms with Crippen LogP contribution in [0.3, 0.4) is 0 Å². The van der Waals surface area contributed by atoms with E-state index >= 15 is 0 Å². The molecule has 1 heterocycles. The number of non-ortho nitro benzene ring substituents is 1. The first-order valence-electron chi connectivity index (χ1n) is 7.63. The van der Waals surface area contributed by atoms with E-state index < -0.39 is 4.92 Å². The van der Waals surface area contributed by atoms with Crippen molar-refractivity contribution in [1.82, 2.24) is 4.90 Å². The number of hydrogen-bond acceptors (Lipinski definition) is 5. The van der Waals surface area contributed by atoms with Gasteiger partial charge < -0.3 is 0 Å². The van der Waals surface area contributed by atoms with Crippen molar-refractivity contribution >= 4 is 51.7 Å². The highest BCUT2D eigenvalue weighted by Gasteiger charge is 2.26. The lowest BCUT2D eigenvalue weighted by Crippen LogP contribution is -2.32. The number of halogens is 2. The molecule has 2 aromatic carbocycles. The lowest BCUT2D eigenvalue weighted by Gasteiger charge is -2.18. The van der Waals surface area contributed by atoms with Gasteiger partial charge in [0, 0.05) is 30.0 Å². The Labute approximate surface area is 164 Å². The van der Waals surface area contributed by atoms with E-state index in [2.05, 4.69) is 4.99 Å². The molecule has 0 spiro atoms. The molecule has 1 amide bonds. The monoisotopic (exact) mass is 409 g/mol. The summed E-state index contributed by atoms with van der Waals surface area (Å²) in [4.78, 5) is 29.0. The van der Waals surface area contributed by atoms with E-state index in [0.717, 1.165) is 5.56 Å². The van der Waals surface area contributed by atoms with E-state index in [9.17, 15) is 14.9 Å². The molecule has 0 N–H and O–H groups in total. The third-order valence-corrected chi connectivity index (χ3v) is 5.53. The number of amides is 1. The second-order valence-corrected chi connectivity index (χ2v) is 7.22. The Morgan fingerprint density at radius 1 is 1.23 bits per heavy atom. The van der Waals surface area contributed by atoms with Crippen LogP contribution >= 0.6 is 35.0 Å². The number of carbonyl (C=O) groups excluding carboxylic acids is 1. The Hall–Kier alpha value is -2.09. The van der Waals surface area contributed by atoms with Gasteiger partial charge in [-0.3, -0.25) is 24.8 Å². The summed E-state index contributed by atoms with van der Waals surface area (Å²) >= 11 is 13.3. The fourth-order valence-corrected chi connectivity index (χ4v) is 3.73. The van der Waals surface area contributed by atoms with Crippen LogP contribution in [0.4, 0.5) is 5.69 Å². The van der Waals surface area contributed by atoms with Crippen LogP contribution in [0.1, 0.15) is 15.9 Å². The first kappa shape index (κ1) is 18.7. The number of amidine groups is 1. The predicted octanol–water partition coefficient (Wildman–Crippen LogP) is 4.65. The average molecular weight is 410 g/mol. The highest BCUT2D eigenvalue weighted by atomic mass is 35.5. The SMILES string of the molecule is O=C(c1cccc([N+](=O)[O-])c1)N1CCN=C1SCc1ccc(Cl)c(Cl)c1. The van der Waals surface area contributed by atoms with Crippen LogP contribution in [-0.4, -0.2) is 34.0 Å². The number of aliphatic imine (C=N–C) groups is 1. The molecule has 0 unspecified atom stereocenters. The van der Waals surface area contributed by atoms with Gasteiger partial charge in [0.1, 0.15) is 0 Å². The molecule has 0 fully saturated rings. The zero-order chi connectivity index (χ0) is 18.7. The molecule has 0 bridgehead atoms. The van der Waals surface area contributed by atoms with Crippen molar-refractivity contribution in [3.8, 4) is 0 Å². The largest absolute Gasteiger partial charge is 0.286 e. The Kier molecular flexibility index (Phi) is 5.80. The van der Waals surface area contributed by atoms with Crippen molar-refractivity contribution < 1.29 is 9.72 Å². The fourth-order valence-electron chi connectivity index (χ4n) is 2.42. The number of benzene rings is 2. The highest BCUT2D eigenvalue weighted by Crippen LogP contribution is 2.27. The molecule has 134 valence electrons. The second-order valence-electron chi connectivity index (χ2n) is 5.47. The summed E-state index contributed by atoms with van der Waals surface area (Å²) in [6.45, 7) is 0.954. The first-order chi connectivity index (χ1) is 12.5. The lowest BCUT2D eigenvalue weighted by atomic mass is 10.2. The maximum absolute atomic E-state index is 12.7. The van der Waals surface area contributed by atoms with E-state index in [0.29, 0.717) is 34.1 Å². The van der Waals surface area contributed by atoms with Gasteiger partial charge in [0.2, 0.25) is 0 Å². The number of thioether (sulfide) groups is 1.